The summed E-state index contributed by atoms with van der Waals surface area (Å²) in [6.07, 6.45) is 4.60. The first-order valence-electron chi connectivity index (χ1n) is 14.9. The highest BCUT2D eigenvalue weighted by atomic mass is 16.9. The number of Topliss-reactive ketones (excluding diaryl/α,β-unsaturated/α-hetero) is 1. The molecule has 7 rings (SSSR count). The zero-order chi connectivity index (χ0) is 27.0. The minimum atomic E-state index is -2.11. The maximum atomic E-state index is 14.2. The smallest absolute Gasteiger partial charge is 0.284 e. The molecule has 14 atom stereocenters. The number of carbonyl (C=O) groups is 1. The fraction of sp³-hybridized carbons (Fsp3) is 0.900. The lowest BCUT2D eigenvalue weighted by molar-refractivity contribution is -0.436. The molecule has 3 bridgehead atoms. The lowest BCUT2D eigenvalue weighted by Crippen LogP contribution is -2.73. The van der Waals surface area contributed by atoms with Crippen molar-refractivity contribution in [2.24, 2.45) is 35.5 Å². The summed E-state index contributed by atoms with van der Waals surface area (Å²) in [7, 11) is 0. The molecule has 7 aliphatic rings. The van der Waals surface area contributed by atoms with Crippen molar-refractivity contribution in [1.82, 2.24) is 0 Å². The van der Waals surface area contributed by atoms with E-state index >= 15 is 0 Å². The van der Waals surface area contributed by atoms with E-state index in [4.69, 9.17) is 18.9 Å². The van der Waals surface area contributed by atoms with Crippen molar-refractivity contribution in [1.29, 1.82) is 0 Å². The molecule has 7 fully saturated rings. The molecule has 0 aromatic rings. The van der Waals surface area contributed by atoms with Gasteiger partial charge in [-0.15, -0.1) is 0 Å². The third-order valence-corrected chi connectivity index (χ3v) is 12.1. The van der Waals surface area contributed by atoms with Crippen molar-refractivity contribution in [2.45, 2.75) is 126 Å². The maximum absolute atomic E-state index is 14.2. The molecular formula is C30H44O8. The second-order valence-electron chi connectivity index (χ2n) is 14.0. The van der Waals surface area contributed by atoms with Crippen LogP contribution in [0.15, 0.2) is 12.2 Å². The summed E-state index contributed by atoms with van der Waals surface area (Å²) in [5, 5.41) is 35.2. The number of aliphatic hydroxyl groups is 3. The van der Waals surface area contributed by atoms with E-state index in [1.165, 1.54) is 0 Å². The summed E-state index contributed by atoms with van der Waals surface area (Å²) in [6.45, 7) is 12.0. The Morgan fingerprint density at radius 2 is 1.76 bits per heavy atom. The van der Waals surface area contributed by atoms with E-state index < -0.39 is 71.0 Å². The Labute approximate surface area is 225 Å². The van der Waals surface area contributed by atoms with Crippen molar-refractivity contribution < 1.29 is 39.1 Å². The number of aliphatic hydroxyl groups excluding tert-OH is 2. The van der Waals surface area contributed by atoms with Gasteiger partial charge in [-0.3, -0.25) is 4.79 Å². The van der Waals surface area contributed by atoms with Crippen LogP contribution in [0.4, 0.5) is 0 Å². The number of hydrogen-bond acceptors (Lipinski definition) is 8. The minimum Gasteiger partial charge on any atom is -0.393 e. The highest BCUT2D eigenvalue weighted by molar-refractivity contribution is 5.93. The Kier molecular flexibility index (Phi) is 5.42. The zero-order valence-corrected chi connectivity index (χ0v) is 23.2. The van der Waals surface area contributed by atoms with Crippen LogP contribution in [0.3, 0.4) is 0 Å². The number of ketones is 1. The van der Waals surface area contributed by atoms with Gasteiger partial charge in [-0.05, 0) is 43.1 Å². The summed E-state index contributed by atoms with van der Waals surface area (Å²) >= 11 is 0. The van der Waals surface area contributed by atoms with E-state index in [2.05, 4.69) is 20.4 Å². The van der Waals surface area contributed by atoms with Crippen LogP contribution in [-0.4, -0.2) is 74.4 Å². The molecular weight excluding hydrogens is 488 g/mol. The standard InChI is InChI=1S/C30H44O8/c1-15(2)26-13-17(4)30-20-23(26)36-28(37-26,38-30)12-10-8-6-7-9-11-16(3)19-18(5)22(32)29(34,21(19)30)25(33)27(14-31)24(20)35-27/h16-21,23-25,31,33-34H,1,6-14H2,2-5H3/t16-,17-,18+,19+,20-,21-,23-,24+,25-,26-,27+,28?,29-,30-/m1/s1. The highest BCUT2D eigenvalue weighted by Gasteiger charge is 2.89. The van der Waals surface area contributed by atoms with Crippen molar-refractivity contribution in [2.75, 3.05) is 6.61 Å². The van der Waals surface area contributed by atoms with Crippen molar-refractivity contribution in [3.63, 3.8) is 0 Å². The predicted octanol–water partition coefficient (Wildman–Crippen LogP) is 2.86. The normalized spacial score (nSPS) is 60.8. The third kappa shape index (κ3) is 2.74. The highest BCUT2D eigenvalue weighted by Crippen LogP contribution is 2.74. The van der Waals surface area contributed by atoms with Crippen LogP contribution in [0.1, 0.15) is 79.1 Å². The topological polar surface area (TPSA) is 118 Å². The predicted molar refractivity (Wildman–Crippen MR) is 136 cm³/mol. The molecule has 2 spiro atoms. The van der Waals surface area contributed by atoms with Gasteiger partial charge >= 0.3 is 0 Å². The van der Waals surface area contributed by atoms with Gasteiger partial charge in [0.15, 0.2) is 11.4 Å². The van der Waals surface area contributed by atoms with Gasteiger partial charge in [0.25, 0.3) is 5.97 Å². The van der Waals surface area contributed by atoms with Crippen molar-refractivity contribution in [3.05, 3.63) is 12.2 Å². The van der Waals surface area contributed by atoms with E-state index in [-0.39, 0.29) is 23.5 Å². The van der Waals surface area contributed by atoms with E-state index in [1.54, 1.807) is 0 Å². The number of rotatable bonds is 2. The van der Waals surface area contributed by atoms with Gasteiger partial charge in [-0.1, -0.05) is 59.5 Å². The summed E-state index contributed by atoms with van der Waals surface area (Å²) < 4.78 is 27.2. The number of hydrogen-bond donors (Lipinski definition) is 3. The zero-order valence-electron chi connectivity index (χ0n) is 23.2. The average Bonchev–Trinajstić information content (AvgIpc) is 3.52. The van der Waals surface area contributed by atoms with Crippen LogP contribution in [0.5, 0.6) is 0 Å². The molecule has 0 amide bonds. The molecule has 4 aliphatic heterocycles. The Hall–Kier alpha value is -0.870. The first kappa shape index (κ1) is 26.1. The molecule has 0 aromatic heterocycles. The van der Waals surface area contributed by atoms with E-state index in [0.717, 1.165) is 44.1 Å². The molecule has 8 nitrogen and oxygen atoms in total. The summed E-state index contributed by atoms with van der Waals surface area (Å²) in [5.74, 6) is -3.48. The summed E-state index contributed by atoms with van der Waals surface area (Å²) in [4.78, 5) is 14.2. The fourth-order valence-electron chi connectivity index (χ4n) is 10.4. The van der Waals surface area contributed by atoms with Gasteiger partial charge in [-0.25, -0.2) is 0 Å². The van der Waals surface area contributed by atoms with Crippen LogP contribution < -0.4 is 0 Å². The number of epoxide rings is 1. The van der Waals surface area contributed by atoms with Gasteiger partial charge in [0, 0.05) is 24.2 Å². The number of fused-ring (bicyclic) bond motifs is 1. The van der Waals surface area contributed by atoms with Gasteiger partial charge < -0.3 is 34.3 Å². The molecule has 0 radical (unpaired) electrons. The number of ether oxygens (including phenoxy) is 4. The second kappa shape index (κ2) is 7.90. The Morgan fingerprint density at radius 1 is 1.05 bits per heavy atom. The molecule has 38 heavy (non-hydrogen) atoms. The van der Waals surface area contributed by atoms with Crippen LogP contribution in [-0.2, 0) is 23.7 Å². The number of carbonyl (C=O) groups excluding carboxylic acids is 1. The Balaban J connectivity index is 1.51. The lowest BCUT2D eigenvalue weighted by atomic mass is 9.52. The molecule has 1 unspecified atom stereocenters. The lowest BCUT2D eigenvalue weighted by Gasteiger charge is -2.61. The van der Waals surface area contributed by atoms with Gasteiger partial charge in [-0.2, -0.15) is 0 Å². The molecule has 8 heteroatoms. The van der Waals surface area contributed by atoms with E-state index in [0.29, 0.717) is 12.8 Å². The van der Waals surface area contributed by atoms with E-state index in [1.807, 2.05) is 13.8 Å². The van der Waals surface area contributed by atoms with Crippen LogP contribution >= 0.6 is 0 Å². The van der Waals surface area contributed by atoms with Gasteiger partial charge in [0.2, 0.25) is 0 Å². The Bertz CT molecular complexity index is 1060. The Morgan fingerprint density at radius 3 is 2.47 bits per heavy atom. The molecule has 3 saturated carbocycles. The van der Waals surface area contributed by atoms with Crippen molar-refractivity contribution in [3.8, 4) is 0 Å². The largest absolute Gasteiger partial charge is 0.393 e. The molecule has 4 saturated heterocycles. The minimum absolute atomic E-state index is 0.136. The second-order valence-corrected chi connectivity index (χ2v) is 14.0. The quantitative estimate of drug-likeness (QED) is 0.367. The van der Waals surface area contributed by atoms with Gasteiger partial charge in [0.05, 0.1) is 12.2 Å². The third-order valence-electron chi connectivity index (χ3n) is 12.1. The van der Waals surface area contributed by atoms with Crippen LogP contribution in [0, 0.1) is 35.5 Å². The molecule has 3 aliphatic carbocycles. The molecule has 0 aromatic carbocycles. The van der Waals surface area contributed by atoms with E-state index in [9.17, 15) is 20.1 Å². The van der Waals surface area contributed by atoms with Crippen LogP contribution in [0.25, 0.3) is 0 Å². The molecule has 4 heterocycles. The average molecular weight is 533 g/mol. The maximum Gasteiger partial charge on any atom is 0.284 e. The molecule has 3 N–H and O–H groups in total. The van der Waals surface area contributed by atoms with Crippen LogP contribution in [0.2, 0.25) is 0 Å². The first-order chi connectivity index (χ1) is 18.0. The first-order valence-corrected chi connectivity index (χ1v) is 14.9. The summed E-state index contributed by atoms with van der Waals surface area (Å²) in [5.41, 5.74) is -4.56. The van der Waals surface area contributed by atoms with Crippen molar-refractivity contribution >= 4 is 5.78 Å². The molecule has 212 valence electrons. The SMILES string of the molecule is C=C(C)[C@]12C[C@@H](C)[C@@]34OC5(CCCCCCC[C@@H](C)[C@H]6[C@H](C)C(=O)[C@@](O)([C@H](O)[C@@]7(CO)O[C@H]7[C@H]3[C@H]1O5)[C@@H]64)O2. The summed E-state index contributed by atoms with van der Waals surface area (Å²) in [6, 6.07) is 0. The monoisotopic (exact) mass is 532 g/mol. The van der Waals surface area contributed by atoms with Gasteiger partial charge in [0.1, 0.15) is 29.5 Å². The fourth-order valence-corrected chi connectivity index (χ4v) is 10.4.